The molecule has 4 nitrogen and oxygen atoms in total. The molecule has 1 aliphatic rings. The minimum atomic E-state index is 0.195. The summed E-state index contributed by atoms with van der Waals surface area (Å²) in [6, 6.07) is 23.6. The smallest absolute Gasteiger partial charge is 0.0996 e. The maximum atomic E-state index is 5.75. The van der Waals surface area contributed by atoms with E-state index in [9.17, 15) is 0 Å². The molecule has 54 heavy (non-hydrogen) atoms. The Bertz CT molecular complexity index is 2410. The number of allylic oxidation sites excluding steroid dienone is 12. The fourth-order valence-electron chi connectivity index (χ4n) is 7.21. The van der Waals surface area contributed by atoms with Crippen molar-refractivity contribution in [1.29, 1.82) is 0 Å². The first-order chi connectivity index (χ1) is 26.5. The van der Waals surface area contributed by atoms with Crippen LogP contribution in [-0.2, 0) is 4.74 Å². The zero-order valence-corrected chi connectivity index (χ0v) is 32.1. The van der Waals surface area contributed by atoms with Gasteiger partial charge >= 0.3 is 0 Å². The van der Waals surface area contributed by atoms with Crippen LogP contribution in [0.15, 0.2) is 168 Å². The molecule has 2 heterocycles. The van der Waals surface area contributed by atoms with Crippen molar-refractivity contribution in [3.8, 4) is 22.3 Å². The van der Waals surface area contributed by atoms with Crippen LogP contribution < -0.4 is 0 Å². The molecule has 0 fully saturated rings. The lowest BCUT2D eigenvalue weighted by Crippen LogP contribution is -2.07. The van der Waals surface area contributed by atoms with Crippen molar-refractivity contribution in [2.24, 2.45) is 10.9 Å². The minimum Gasteiger partial charge on any atom is -0.501 e. The highest BCUT2D eigenvalue weighted by atomic mass is 16.5. The first-order valence-electron chi connectivity index (χ1n) is 18.8. The lowest BCUT2D eigenvalue weighted by molar-refractivity contribution is 0.269. The van der Waals surface area contributed by atoms with Crippen LogP contribution in [0, 0.1) is 5.92 Å². The van der Waals surface area contributed by atoms with E-state index in [0.717, 1.165) is 90.6 Å². The van der Waals surface area contributed by atoms with Gasteiger partial charge in [0.2, 0.25) is 0 Å². The highest BCUT2D eigenvalue weighted by Crippen LogP contribution is 2.39. The van der Waals surface area contributed by atoms with Gasteiger partial charge in [0.25, 0.3) is 0 Å². The number of nitrogens with zero attached hydrogens (tertiary/aromatic N) is 3. The van der Waals surface area contributed by atoms with Crippen molar-refractivity contribution in [1.82, 2.24) is 9.97 Å². The van der Waals surface area contributed by atoms with Gasteiger partial charge in [0.05, 0.1) is 36.2 Å². The Labute approximate surface area is 320 Å². The lowest BCUT2D eigenvalue weighted by Gasteiger charge is -2.19. The molecular formula is C50H49N3O. The predicted molar refractivity (Wildman–Crippen MR) is 233 cm³/mol. The summed E-state index contributed by atoms with van der Waals surface area (Å²) in [4.78, 5) is 14.6. The zero-order valence-electron chi connectivity index (χ0n) is 32.1. The highest BCUT2D eigenvalue weighted by molar-refractivity contribution is 6.15. The van der Waals surface area contributed by atoms with Gasteiger partial charge in [-0.1, -0.05) is 135 Å². The number of pyridine rings is 2. The third-order valence-electron chi connectivity index (χ3n) is 9.88. The molecule has 1 aliphatic carbocycles. The molecule has 5 aromatic rings. The maximum Gasteiger partial charge on any atom is 0.0996 e. The summed E-state index contributed by atoms with van der Waals surface area (Å²) >= 11 is 0. The average Bonchev–Trinajstić information content (AvgIpc) is 3.22. The standard InChI is InChI=1S/C50H49N3O/c1-7-11-12-15-31-51-48(36(9-3)25-24-35(5)41-22-13-14-23-47(41)54-6)39-20-16-19-38(34-39)42-28-29-44(40(10-4)43(42)18-8-2)45-30-33-53-50-46(45)27-26-37-21-17-32-52-49(37)50/h7-13,15-22,24-30,32-35H,4,14,23,31H2,1-3,5-6H3/b11-7-,15-12-,18-8-,25-24-,36-9-,51-48+. The lowest BCUT2D eigenvalue weighted by atomic mass is 9.87. The van der Waals surface area contributed by atoms with E-state index in [0.29, 0.717) is 6.54 Å². The zero-order chi connectivity index (χ0) is 37.9. The summed E-state index contributed by atoms with van der Waals surface area (Å²) in [5, 5.41) is 2.14. The Hall–Kier alpha value is -6.13. The molecule has 0 radical (unpaired) electrons. The molecule has 0 saturated heterocycles. The number of hydrogen-bond acceptors (Lipinski definition) is 4. The second kappa shape index (κ2) is 18.1. The van der Waals surface area contributed by atoms with Crippen LogP contribution in [0.3, 0.4) is 0 Å². The monoisotopic (exact) mass is 707 g/mol. The molecule has 1 unspecified atom stereocenters. The fourth-order valence-corrected chi connectivity index (χ4v) is 7.21. The summed E-state index contributed by atoms with van der Waals surface area (Å²) < 4.78 is 5.75. The number of ether oxygens (including phenoxy) is 1. The largest absolute Gasteiger partial charge is 0.501 e. The Balaban J connectivity index is 1.44. The van der Waals surface area contributed by atoms with E-state index in [1.54, 1.807) is 7.11 Å². The third-order valence-corrected chi connectivity index (χ3v) is 9.88. The van der Waals surface area contributed by atoms with Crippen LogP contribution in [0.4, 0.5) is 0 Å². The van der Waals surface area contributed by atoms with Gasteiger partial charge in [0, 0.05) is 41.1 Å². The van der Waals surface area contributed by atoms with E-state index >= 15 is 0 Å². The second-order valence-corrected chi connectivity index (χ2v) is 13.2. The summed E-state index contributed by atoms with van der Waals surface area (Å²) in [5.41, 5.74) is 12.7. The molecule has 0 spiro atoms. The molecule has 270 valence electrons. The Morgan fingerprint density at radius 1 is 0.889 bits per heavy atom. The van der Waals surface area contributed by atoms with E-state index in [-0.39, 0.29) is 5.92 Å². The molecule has 4 heteroatoms. The summed E-state index contributed by atoms with van der Waals surface area (Å²) in [6.07, 6.45) is 31.2. The Morgan fingerprint density at radius 2 is 1.74 bits per heavy atom. The minimum absolute atomic E-state index is 0.195. The van der Waals surface area contributed by atoms with Gasteiger partial charge < -0.3 is 4.74 Å². The molecule has 0 bridgehead atoms. The number of fused-ring (bicyclic) bond motifs is 3. The molecule has 1 atom stereocenters. The Kier molecular flexibility index (Phi) is 12.6. The van der Waals surface area contributed by atoms with Crippen molar-refractivity contribution < 1.29 is 4.74 Å². The van der Waals surface area contributed by atoms with Crippen LogP contribution >= 0.6 is 0 Å². The molecule has 0 N–H and O–H groups in total. The van der Waals surface area contributed by atoms with Crippen LogP contribution in [0.25, 0.3) is 56.2 Å². The molecular weight excluding hydrogens is 659 g/mol. The molecule has 2 aromatic heterocycles. The van der Waals surface area contributed by atoms with Crippen molar-refractivity contribution in [2.75, 3.05) is 13.7 Å². The fraction of sp³-hybridized carbons (Fsp3) is 0.180. The quantitative estimate of drug-likeness (QED) is 0.0695. The van der Waals surface area contributed by atoms with Gasteiger partial charge in [0.1, 0.15) is 0 Å². The topological polar surface area (TPSA) is 47.4 Å². The van der Waals surface area contributed by atoms with Gasteiger partial charge in [0.15, 0.2) is 0 Å². The van der Waals surface area contributed by atoms with Crippen LogP contribution in [0.5, 0.6) is 0 Å². The van der Waals surface area contributed by atoms with Crippen molar-refractivity contribution in [3.05, 3.63) is 180 Å². The number of aliphatic imine (C=N–C) groups is 1. The first kappa shape index (κ1) is 37.6. The van der Waals surface area contributed by atoms with E-state index in [4.69, 9.17) is 14.7 Å². The molecule has 3 aromatic carbocycles. The number of benzene rings is 3. The van der Waals surface area contributed by atoms with Crippen LogP contribution in [-0.4, -0.2) is 29.3 Å². The molecule has 0 saturated carbocycles. The normalized spacial score (nSPS) is 14.8. The average molecular weight is 708 g/mol. The molecule has 0 amide bonds. The molecule has 6 rings (SSSR count). The number of methoxy groups -OCH3 is 1. The summed E-state index contributed by atoms with van der Waals surface area (Å²) in [7, 11) is 1.77. The number of rotatable bonds is 13. The van der Waals surface area contributed by atoms with E-state index < -0.39 is 0 Å². The van der Waals surface area contributed by atoms with E-state index in [2.05, 4.69) is 142 Å². The van der Waals surface area contributed by atoms with Gasteiger partial charge in [-0.3, -0.25) is 15.0 Å². The van der Waals surface area contributed by atoms with Gasteiger partial charge in [-0.05, 0) is 89.9 Å². The van der Waals surface area contributed by atoms with E-state index in [1.165, 1.54) is 5.57 Å². The van der Waals surface area contributed by atoms with Crippen LogP contribution in [0.1, 0.15) is 57.2 Å². The number of hydrogen-bond donors (Lipinski definition) is 0. The van der Waals surface area contributed by atoms with Crippen LogP contribution in [0.2, 0.25) is 0 Å². The van der Waals surface area contributed by atoms with Gasteiger partial charge in [-0.2, -0.15) is 0 Å². The third kappa shape index (κ3) is 8.09. The maximum absolute atomic E-state index is 5.75. The van der Waals surface area contributed by atoms with Gasteiger partial charge in [-0.15, -0.1) is 0 Å². The van der Waals surface area contributed by atoms with E-state index in [1.807, 2.05) is 49.7 Å². The molecule has 0 aliphatic heterocycles. The highest BCUT2D eigenvalue weighted by Gasteiger charge is 2.18. The second-order valence-electron chi connectivity index (χ2n) is 13.2. The summed E-state index contributed by atoms with van der Waals surface area (Å²) in [5.74, 6) is 1.26. The van der Waals surface area contributed by atoms with Crippen molar-refractivity contribution >= 4 is 39.7 Å². The van der Waals surface area contributed by atoms with Crippen molar-refractivity contribution in [2.45, 2.75) is 40.5 Å². The Morgan fingerprint density at radius 3 is 2.54 bits per heavy atom. The SMILES string of the molecule is C=Cc1c(-c2ccnc3c2ccc2cccnc23)ccc(-c2cccc(C(=N/C/C=C\C=C/C)/C(/C=C\C(C)C3=C(OC)CCC=C3)=C\C)c2)c1/C=C\C. The predicted octanol–water partition coefficient (Wildman–Crippen LogP) is 13.1. The van der Waals surface area contributed by atoms with Gasteiger partial charge in [-0.25, -0.2) is 0 Å². The number of aromatic nitrogens is 2. The summed E-state index contributed by atoms with van der Waals surface area (Å²) in [6.45, 7) is 13.3. The van der Waals surface area contributed by atoms with Crippen molar-refractivity contribution in [3.63, 3.8) is 0 Å². The first-order valence-corrected chi connectivity index (χ1v) is 18.8.